The average molecular weight is 322 g/mol. The summed E-state index contributed by atoms with van der Waals surface area (Å²) in [5.41, 5.74) is 1.14. The Bertz CT molecular complexity index is 621. The molecule has 1 aliphatic heterocycles. The Balaban J connectivity index is 0.00000242. The quantitative estimate of drug-likeness (QED) is 0.695. The van der Waals surface area contributed by atoms with Crippen molar-refractivity contribution in [1.82, 2.24) is 0 Å². The second-order valence-corrected chi connectivity index (χ2v) is 5.33. The van der Waals surface area contributed by atoms with Crippen LogP contribution in [0.4, 0.5) is 13.2 Å². The fourth-order valence-corrected chi connectivity index (χ4v) is 2.40. The van der Waals surface area contributed by atoms with Gasteiger partial charge in [-0.1, -0.05) is 13.8 Å². The van der Waals surface area contributed by atoms with E-state index in [9.17, 15) is 23.1 Å². The fourth-order valence-electron chi connectivity index (χ4n) is 2.40. The van der Waals surface area contributed by atoms with Crippen molar-refractivity contribution in [2.45, 2.75) is 39.0 Å². The van der Waals surface area contributed by atoms with Gasteiger partial charge in [-0.15, -0.1) is 0 Å². The molecule has 0 saturated heterocycles. The summed E-state index contributed by atoms with van der Waals surface area (Å²) in [5.74, 6) is -1.69. The number of fused-ring (bicyclic) bond motifs is 1. The third-order valence-electron chi connectivity index (χ3n) is 3.39. The van der Waals surface area contributed by atoms with Crippen molar-refractivity contribution >= 4 is 12.0 Å². The van der Waals surface area contributed by atoms with E-state index < -0.39 is 23.8 Å². The van der Waals surface area contributed by atoms with E-state index in [0.717, 1.165) is 17.2 Å². The first-order valence-electron chi connectivity index (χ1n) is 6.42. The summed E-state index contributed by atoms with van der Waals surface area (Å²) < 4.78 is 43.6. The number of halogens is 3. The van der Waals surface area contributed by atoms with Crippen LogP contribution in [0.15, 0.2) is 17.7 Å². The normalized spacial score (nSPS) is 17.2. The number of carboxylic acids is 1. The molecule has 0 spiro atoms. The van der Waals surface area contributed by atoms with Crippen LogP contribution in [0.2, 0.25) is 0 Å². The number of carbonyl (C=O) groups is 1. The fraction of sp³-hybridized carbons (Fsp3) is 0.400. The summed E-state index contributed by atoms with van der Waals surface area (Å²) in [4.78, 5) is 10.9. The molecule has 0 radical (unpaired) electrons. The Morgan fingerprint density at radius 3 is 2.36 bits per heavy atom. The van der Waals surface area contributed by atoms with Crippen LogP contribution in [-0.4, -0.2) is 18.2 Å². The van der Waals surface area contributed by atoms with Crippen LogP contribution in [0, 0.1) is 6.92 Å². The number of hydrogen-bond acceptors (Lipinski definition) is 3. The molecule has 2 rings (SSSR count). The van der Waals surface area contributed by atoms with E-state index in [1.54, 1.807) is 13.0 Å². The minimum absolute atomic E-state index is 0. The Morgan fingerprint density at radius 2 is 1.91 bits per heavy atom. The molecule has 0 aliphatic carbocycles. The summed E-state index contributed by atoms with van der Waals surface area (Å²) >= 11 is 0. The van der Waals surface area contributed by atoms with Gasteiger partial charge >= 0.3 is 35.7 Å². The number of aryl methyl sites for hydroxylation is 1. The number of carboxylic acid groups (broad SMARTS) is 1. The van der Waals surface area contributed by atoms with Gasteiger partial charge < -0.3 is 14.6 Å². The molecule has 7 heteroatoms. The molecule has 0 aromatic heterocycles. The van der Waals surface area contributed by atoms with Crippen LogP contribution in [0.5, 0.6) is 5.75 Å². The maximum atomic E-state index is 12.9. The van der Waals surface area contributed by atoms with E-state index >= 15 is 0 Å². The second kappa shape index (κ2) is 6.64. The SMILES string of the molecule is Cc1cc2c(cc1C(C)C)C=C(C(=O)[O-])C(C(F)(F)F)O2.[Na+]. The predicted molar refractivity (Wildman–Crippen MR) is 68.7 cm³/mol. The minimum atomic E-state index is -4.81. The van der Waals surface area contributed by atoms with Gasteiger partial charge in [0.1, 0.15) is 5.75 Å². The first-order valence-corrected chi connectivity index (χ1v) is 6.42. The largest absolute Gasteiger partial charge is 1.00 e. The van der Waals surface area contributed by atoms with E-state index in [2.05, 4.69) is 0 Å². The summed E-state index contributed by atoms with van der Waals surface area (Å²) in [5, 5.41) is 10.9. The van der Waals surface area contributed by atoms with E-state index in [-0.39, 0.29) is 41.2 Å². The van der Waals surface area contributed by atoms with Crippen molar-refractivity contribution in [2.75, 3.05) is 0 Å². The van der Waals surface area contributed by atoms with Crippen molar-refractivity contribution in [2.24, 2.45) is 0 Å². The number of ether oxygens (including phenoxy) is 1. The second-order valence-electron chi connectivity index (χ2n) is 5.33. The zero-order chi connectivity index (χ0) is 15.9. The molecule has 0 N–H and O–H groups in total. The smallest absolute Gasteiger partial charge is 0.545 e. The zero-order valence-corrected chi connectivity index (χ0v) is 14.7. The molecular weight excluding hydrogens is 308 g/mol. The van der Waals surface area contributed by atoms with Crippen molar-refractivity contribution in [3.05, 3.63) is 34.4 Å². The first kappa shape index (κ1) is 19.1. The zero-order valence-electron chi connectivity index (χ0n) is 12.7. The maximum absolute atomic E-state index is 12.9. The Hall–Kier alpha value is -0.980. The molecule has 1 aliphatic rings. The van der Waals surface area contributed by atoms with Gasteiger partial charge in [-0.05, 0) is 42.2 Å². The predicted octanol–water partition coefficient (Wildman–Crippen LogP) is -0.421. The monoisotopic (exact) mass is 322 g/mol. The molecule has 1 aromatic carbocycles. The molecule has 1 atom stereocenters. The van der Waals surface area contributed by atoms with Gasteiger partial charge in [0.2, 0.25) is 6.10 Å². The molecule has 22 heavy (non-hydrogen) atoms. The summed E-state index contributed by atoms with van der Waals surface area (Å²) in [6.45, 7) is 5.67. The Morgan fingerprint density at radius 1 is 1.32 bits per heavy atom. The summed E-state index contributed by atoms with van der Waals surface area (Å²) in [6, 6.07) is 3.16. The van der Waals surface area contributed by atoms with Crippen LogP contribution in [0.3, 0.4) is 0 Å². The number of rotatable bonds is 2. The number of alkyl halides is 3. The molecule has 0 amide bonds. The molecule has 0 bridgehead atoms. The van der Waals surface area contributed by atoms with Crippen molar-refractivity contribution in [1.29, 1.82) is 0 Å². The number of aliphatic carboxylic acids is 1. The van der Waals surface area contributed by atoms with E-state index in [1.165, 1.54) is 6.07 Å². The standard InChI is InChI=1S/C15H15F3O3.Na/c1-7(2)10-5-9-6-11(14(19)20)13(15(16,17)18)21-12(9)4-8(10)3;/h4-7,13H,1-3H3,(H,19,20);/q;+1/p-1. The van der Waals surface area contributed by atoms with Crippen molar-refractivity contribution < 1.29 is 57.4 Å². The van der Waals surface area contributed by atoms with Crippen molar-refractivity contribution in [3.63, 3.8) is 0 Å². The number of benzene rings is 1. The van der Waals surface area contributed by atoms with E-state index in [0.29, 0.717) is 5.56 Å². The number of carbonyl (C=O) groups excluding carboxylic acids is 1. The molecule has 1 heterocycles. The third-order valence-corrected chi connectivity index (χ3v) is 3.39. The molecule has 3 nitrogen and oxygen atoms in total. The summed E-state index contributed by atoms with van der Waals surface area (Å²) in [7, 11) is 0. The molecular formula is C15H14F3NaO3. The maximum Gasteiger partial charge on any atom is 1.00 e. The van der Waals surface area contributed by atoms with Gasteiger partial charge in [-0.2, -0.15) is 13.2 Å². The van der Waals surface area contributed by atoms with Crippen LogP contribution < -0.4 is 39.4 Å². The van der Waals surface area contributed by atoms with Crippen LogP contribution in [-0.2, 0) is 4.79 Å². The van der Waals surface area contributed by atoms with Gasteiger partial charge in [0.25, 0.3) is 0 Å². The van der Waals surface area contributed by atoms with Crippen molar-refractivity contribution in [3.8, 4) is 5.75 Å². The minimum Gasteiger partial charge on any atom is -0.545 e. The number of hydrogen-bond donors (Lipinski definition) is 0. The Labute approximate surface area is 148 Å². The third kappa shape index (κ3) is 3.67. The van der Waals surface area contributed by atoms with Gasteiger partial charge in [0, 0.05) is 11.1 Å². The van der Waals surface area contributed by atoms with Gasteiger partial charge in [0.05, 0.1) is 5.97 Å². The van der Waals surface area contributed by atoms with Gasteiger partial charge in [0.15, 0.2) is 0 Å². The molecule has 0 fully saturated rings. The van der Waals surface area contributed by atoms with Crippen LogP contribution in [0.25, 0.3) is 6.08 Å². The topological polar surface area (TPSA) is 49.4 Å². The molecule has 1 unspecified atom stereocenters. The molecule has 1 aromatic rings. The van der Waals surface area contributed by atoms with Crippen LogP contribution in [0.1, 0.15) is 36.5 Å². The van der Waals surface area contributed by atoms with E-state index in [4.69, 9.17) is 4.74 Å². The van der Waals surface area contributed by atoms with Gasteiger partial charge in [-0.25, -0.2) is 0 Å². The molecule has 114 valence electrons. The van der Waals surface area contributed by atoms with Gasteiger partial charge in [-0.3, -0.25) is 0 Å². The first-order chi connectivity index (χ1) is 9.61. The average Bonchev–Trinajstić information content (AvgIpc) is 2.34. The van der Waals surface area contributed by atoms with Crippen LogP contribution >= 0.6 is 0 Å². The van der Waals surface area contributed by atoms with E-state index in [1.807, 2.05) is 13.8 Å². The Kier molecular flexibility index (Phi) is 5.76. The molecule has 0 saturated carbocycles. The summed E-state index contributed by atoms with van der Waals surface area (Å²) in [6.07, 6.45) is -6.33.